The Kier molecular flexibility index (Phi) is 7.52. The van der Waals surface area contributed by atoms with Gasteiger partial charge in [0.2, 0.25) is 0 Å². The third-order valence-electron chi connectivity index (χ3n) is 5.90. The van der Waals surface area contributed by atoms with Gasteiger partial charge in [-0.3, -0.25) is 4.79 Å². The number of carbonyl (C=O) groups is 1. The summed E-state index contributed by atoms with van der Waals surface area (Å²) in [6.45, 7) is 4.11. The first-order chi connectivity index (χ1) is 18.9. The monoisotopic (exact) mass is 537 g/mol. The highest BCUT2D eigenvalue weighted by Gasteiger charge is 2.15. The lowest BCUT2D eigenvalue weighted by Gasteiger charge is -2.12. The van der Waals surface area contributed by atoms with Gasteiger partial charge in [-0.25, -0.2) is 9.78 Å². The van der Waals surface area contributed by atoms with E-state index in [0.717, 1.165) is 5.56 Å². The summed E-state index contributed by atoms with van der Waals surface area (Å²) in [6, 6.07) is 26.4. The maximum absolute atomic E-state index is 13.4. The minimum Gasteiger partial charge on any atom is -0.490 e. The van der Waals surface area contributed by atoms with Crippen molar-refractivity contribution in [1.82, 2.24) is 9.66 Å². The molecule has 0 atom stereocenters. The molecule has 0 aliphatic carbocycles. The van der Waals surface area contributed by atoms with E-state index >= 15 is 0 Å². The molecular formula is C31H24ClN3O4. The molecule has 0 bridgehead atoms. The third-order valence-corrected chi connectivity index (χ3v) is 6.15. The average molecular weight is 538 g/mol. The van der Waals surface area contributed by atoms with E-state index in [4.69, 9.17) is 26.1 Å². The van der Waals surface area contributed by atoms with Crippen LogP contribution in [0.5, 0.6) is 11.5 Å². The van der Waals surface area contributed by atoms with Gasteiger partial charge in [-0.05, 0) is 86.1 Å². The van der Waals surface area contributed by atoms with E-state index in [-0.39, 0.29) is 11.3 Å². The zero-order chi connectivity index (χ0) is 27.4. The normalized spacial score (nSPS) is 11.2. The highest BCUT2D eigenvalue weighted by molar-refractivity contribution is 6.30. The van der Waals surface area contributed by atoms with Crippen LogP contribution in [-0.4, -0.2) is 28.5 Å². The molecule has 0 fully saturated rings. The van der Waals surface area contributed by atoms with Crippen molar-refractivity contribution in [2.75, 3.05) is 6.61 Å². The van der Waals surface area contributed by atoms with Gasteiger partial charge < -0.3 is 9.47 Å². The van der Waals surface area contributed by atoms with E-state index in [9.17, 15) is 9.59 Å². The summed E-state index contributed by atoms with van der Waals surface area (Å²) >= 11 is 6.07. The summed E-state index contributed by atoms with van der Waals surface area (Å²) < 4.78 is 12.6. The molecular weight excluding hydrogens is 514 g/mol. The number of fused-ring (bicyclic) bond motifs is 1. The topological polar surface area (TPSA) is 82.8 Å². The van der Waals surface area contributed by atoms with Crippen LogP contribution in [0.25, 0.3) is 22.3 Å². The lowest BCUT2D eigenvalue weighted by atomic mass is 10.1. The van der Waals surface area contributed by atoms with E-state index in [1.807, 2.05) is 26.0 Å². The largest absolute Gasteiger partial charge is 0.490 e. The SMILES string of the molecule is CCOc1cc(C=Nn2c(-c3ccc(Cl)cc3)nc3ccccc3c2=O)ccc1OC(=O)c1cccc(C)c1. The Morgan fingerprint density at radius 2 is 1.77 bits per heavy atom. The smallest absolute Gasteiger partial charge is 0.343 e. The lowest BCUT2D eigenvalue weighted by molar-refractivity contribution is 0.0728. The Hall–Kier alpha value is -4.75. The predicted octanol–water partition coefficient (Wildman–Crippen LogP) is 6.53. The van der Waals surface area contributed by atoms with Crippen LogP contribution in [0.4, 0.5) is 0 Å². The molecule has 5 aromatic rings. The second-order valence-corrected chi connectivity index (χ2v) is 9.16. The molecule has 0 amide bonds. The van der Waals surface area contributed by atoms with E-state index in [1.54, 1.807) is 78.9 Å². The Bertz CT molecular complexity index is 1760. The first-order valence-electron chi connectivity index (χ1n) is 12.3. The second kappa shape index (κ2) is 11.3. The van der Waals surface area contributed by atoms with E-state index in [1.165, 1.54) is 10.9 Å². The van der Waals surface area contributed by atoms with Crippen molar-refractivity contribution in [3.63, 3.8) is 0 Å². The fourth-order valence-electron chi connectivity index (χ4n) is 4.03. The maximum Gasteiger partial charge on any atom is 0.343 e. The first-order valence-corrected chi connectivity index (χ1v) is 12.7. The van der Waals surface area contributed by atoms with Gasteiger partial charge >= 0.3 is 5.97 Å². The van der Waals surface area contributed by atoms with Crippen molar-refractivity contribution in [3.8, 4) is 22.9 Å². The molecule has 0 radical (unpaired) electrons. The predicted molar refractivity (Wildman–Crippen MR) is 153 cm³/mol. The summed E-state index contributed by atoms with van der Waals surface area (Å²) in [5.41, 5.74) is 2.98. The van der Waals surface area contributed by atoms with E-state index in [0.29, 0.717) is 50.8 Å². The van der Waals surface area contributed by atoms with Gasteiger partial charge in [0.05, 0.1) is 29.3 Å². The van der Waals surface area contributed by atoms with Crippen molar-refractivity contribution in [2.24, 2.45) is 5.10 Å². The Labute approximate surface area is 229 Å². The van der Waals surface area contributed by atoms with Crippen LogP contribution in [0.1, 0.15) is 28.4 Å². The van der Waals surface area contributed by atoms with Gasteiger partial charge in [0.25, 0.3) is 5.56 Å². The number of rotatable bonds is 7. The Morgan fingerprint density at radius 1 is 0.974 bits per heavy atom. The summed E-state index contributed by atoms with van der Waals surface area (Å²) in [7, 11) is 0. The molecule has 0 saturated carbocycles. The molecule has 7 nitrogen and oxygen atoms in total. The molecule has 39 heavy (non-hydrogen) atoms. The van der Waals surface area contributed by atoms with Crippen molar-refractivity contribution >= 4 is 34.7 Å². The van der Waals surface area contributed by atoms with Crippen LogP contribution in [0.3, 0.4) is 0 Å². The Morgan fingerprint density at radius 3 is 2.54 bits per heavy atom. The summed E-state index contributed by atoms with van der Waals surface area (Å²) in [5, 5.41) is 5.51. The van der Waals surface area contributed by atoms with Crippen LogP contribution in [0, 0.1) is 6.92 Å². The van der Waals surface area contributed by atoms with Crippen LogP contribution in [0.15, 0.2) is 101 Å². The summed E-state index contributed by atoms with van der Waals surface area (Å²) in [5.74, 6) is 0.555. The molecule has 0 saturated heterocycles. The number of benzene rings is 4. The van der Waals surface area contributed by atoms with Gasteiger partial charge in [-0.1, -0.05) is 41.4 Å². The molecule has 0 N–H and O–H groups in total. The molecule has 5 rings (SSSR count). The van der Waals surface area contributed by atoms with Gasteiger partial charge in [0.15, 0.2) is 17.3 Å². The highest BCUT2D eigenvalue weighted by Crippen LogP contribution is 2.29. The number of hydrogen-bond donors (Lipinski definition) is 0. The Balaban J connectivity index is 1.52. The fourth-order valence-corrected chi connectivity index (χ4v) is 4.16. The molecule has 1 aromatic heterocycles. The molecule has 0 spiro atoms. The van der Waals surface area contributed by atoms with Crippen molar-refractivity contribution in [1.29, 1.82) is 0 Å². The number of halogens is 1. The zero-order valence-electron chi connectivity index (χ0n) is 21.3. The number of para-hydroxylation sites is 1. The standard InChI is InChI=1S/C31H24ClN3O4/c1-3-38-28-18-21(11-16-27(28)39-31(37)23-8-6-7-20(2)17-23)19-33-35-29(22-12-14-24(32)15-13-22)34-26-10-5-4-9-25(26)30(35)36/h4-19H,3H2,1-2H3. The molecule has 0 aliphatic rings. The molecule has 4 aromatic carbocycles. The van der Waals surface area contributed by atoms with Gasteiger partial charge in [-0.2, -0.15) is 9.78 Å². The number of esters is 1. The number of aryl methyl sites for hydroxylation is 1. The van der Waals surface area contributed by atoms with Gasteiger partial charge in [0.1, 0.15) is 0 Å². The molecule has 8 heteroatoms. The minimum atomic E-state index is -0.484. The lowest BCUT2D eigenvalue weighted by Crippen LogP contribution is -2.20. The minimum absolute atomic E-state index is 0.284. The molecule has 0 aliphatic heterocycles. The van der Waals surface area contributed by atoms with E-state index < -0.39 is 5.97 Å². The summed E-state index contributed by atoms with van der Waals surface area (Å²) in [6.07, 6.45) is 1.53. The van der Waals surface area contributed by atoms with Crippen molar-refractivity contribution in [2.45, 2.75) is 13.8 Å². The number of aromatic nitrogens is 2. The second-order valence-electron chi connectivity index (χ2n) is 8.72. The zero-order valence-corrected chi connectivity index (χ0v) is 22.1. The fraction of sp³-hybridized carbons (Fsp3) is 0.0968. The van der Waals surface area contributed by atoms with Crippen molar-refractivity contribution in [3.05, 3.63) is 123 Å². The van der Waals surface area contributed by atoms with Crippen LogP contribution in [0.2, 0.25) is 5.02 Å². The molecule has 194 valence electrons. The first kappa shape index (κ1) is 25.9. The van der Waals surface area contributed by atoms with E-state index in [2.05, 4.69) is 5.10 Å². The quantitative estimate of drug-likeness (QED) is 0.134. The molecule has 0 unspecified atom stereocenters. The van der Waals surface area contributed by atoms with Crippen LogP contribution in [-0.2, 0) is 0 Å². The number of nitrogens with zero attached hydrogens (tertiary/aromatic N) is 3. The van der Waals surface area contributed by atoms with Crippen LogP contribution >= 0.6 is 11.6 Å². The summed E-state index contributed by atoms with van der Waals surface area (Å²) in [4.78, 5) is 30.8. The van der Waals surface area contributed by atoms with Crippen LogP contribution < -0.4 is 15.0 Å². The average Bonchev–Trinajstić information content (AvgIpc) is 2.94. The number of carbonyl (C=O) groups excluding carboxylic acids is 1. The van der Waals surface area contributed by atoms with Gasteiger partial charge in [0, 0.05) is 10.6 Å². The molecule has 1 heterocycles. The number of ether oxygens (including phenoxy) is 2. The van der Waals surface area contributed by atoms with Gasteiger partial charge in [-0.15, -0.1) is 0 Å². The maximum atomic E-state index is 13.4. The van der Waals surface area contributed by atoms with Crippen molar-refractivity contribution < 1.29 is 14.3 Å². The third kappa shape index (κ3) is 5.73. The highest BCUT2D eigenvalue weighted by atomic mass is 35.5. The number of hydrogen-bond acceptors (Lipinski definition) is 6.